The molecule has 0 bridgehead atoms. The largest absolute Gasteiger partial charge is 0.598 e. The third-order valence-corrected chi connectivity index (χ3v) is 4.79. The number of rotatable bonds is 4. The lowest BCUT2D eigenvalue weighted by Crippen LogP contribution is -2.40. The molecule has 0 aromatic carbocycles. The molecule has 1 rings (SSSR count). The number of halogens is 3. The monoisotopic (exact) mass is 409 g/mol. The van der Waals surface area contributed by atoms with Crippen LogP contribution in [0.25, 0.3) is 0 Å². The van der Waals surface area contributed by atoms with Gasteiger partial charge in [-0.05, 0) is 66.2 Å². The number of nitrogens with one attached hydrogen (secondary N) is 2. The molecule has 154 valence electrons. The number of aromatic nitrogens is 1. The summed E-state index contributed by atoms with van der Waals surface area (Å²) in [6, 6.07) is 1.47. The maximum absolute atomic E-state index is 13.2. The van der Waals surface area contributed by atoms with E-state index in [1.165, 1.54) is 6.07 Å². The van der Waals surface area contributed by atoms with Gasteiger partial charge in [0, 0.05) is 11.4 Å². The lowest BCUT2D eigenvalue weighted by atomic mass is 10.1. The fraction of sp³-hybridized carbons (Fsp3) is 0.647. The van der Waals surface area contributed by atoms with Gasteiger partial charge in [0.25, 0.3) is 0 Å². The van der Waals surface area contributed by atoms with Crippen molar-refractivity contribution in [3.8, 4) is 0 Å². The second-order valence-corrected chi connectivity index (χ2v) is 10.0. The van der Waals surface area contributed by atoms with Crippen LogP contribution in [-0.4, -0.2) is 26.0 Å². The molecule has 27 heavy (non-hydrogen) atoms. The van der Waals surface area contributed by atoms with Gasteiger partial charge in [-0.15, -0.1) is 4.72 Å². The normalized spacial score (nSPS) is 15.2. The van der Waals surface area contributed by atoms with Crippen LogP contribution in [0.2, 0.25) is 0 Å². The Morgan fingerprint density at radius 3 is 2.19 bits per heavy atom. The van der Waals surface area contributed by atoms with Crippen molar-refractivity contribution in [2.45, 2.75) is 71.0 Å². The van der Waals surface area contributed by atoms with Crippen LogP contribution < -0.4 is 10.0 Å². The summed E-state index contributed by atoms with van der Waals surface area (Å²) in [7, 11) is 0. The molecule has 0 fully saturated rings. The van der Waals surface area contributed by atoms with E-state index in [-0.39, 0.29) is 11.4 Å². The highest BCUT2D eigenvalue weighted by atomic mass is 32.2. The Kier molecular flexibility index (Phi) is 7.17. The Bertz CT molecular complexity index is 670. The smallest absolute Gasteiger partial charge is 0.433 e. The molecule has 0 saturated carbocycles. The Balaban J connectivity index is 3.15. The van der Waals surface area contributed by atoms with Crippen LogP contribution in [0.3, 0.4) is 0 Å². The Morgan fingerprint density at radius 2 is 1.74 bits per heavy atom. The van der Waals surface area contributed by atoms with E-state index < -0.39 is 45.7 Å². The topological polar surface area (TPSA) is 86.3 Å². The predicted octanol–water partition coefficient (Wildman–Crippen LogP) is 4.56. The van der Waals surface area contributed by atoms with Crippen molar-refractivity contribution in [3.63, 3.8) is 0 Å². The zero-order valence-electron chi connectivity index (χ0n) is 16.4. The highest BCUT2D eigenvalue weighted by Gasteiger charge is 2.35. The molecule has 10 heteroatoms. The van der Waals surface area contributed by atoms with E-state index in [9.17, 15) is 22.5 Å². The van der Waals surface area contributed by atoms with Crippen LogP contribution in [0.1, 0.15) is 65.8 Å². The molecule has 1 unspecified atom stereocenters. The summed E-state index contributed by atoms with van der Waals surface area (Å²) in [5.41, 5.74) is -1.80. The van der Waals surface area contributed by atoms with E-state index in [2.05, 4.69) is 15.0 Å². The van der Waals surface area contributed by atoms with Crippen molar-refractivity contribution in [1.82, 2.24) is 9.71 Å². The van der Waals surface area contributed by atoms with Crippen LogP contribution in [0.15, 0.2) is 12.1 Å². The molecule has 1 aromatic rings. The Morgan fingerprint density at radius 1 is 1.19 bits per heavy atom. The molecule has 0 aliphatic carbocycles. The van der Waals surface area contributed by atoms with E-state index in [1.807, 2.05) is 0 Å². The molecular weight excluding hydrogens is 383 g/mol. The fourth-order valence-corrected chi connectivity index (χ4v) is 2.64. The summed E-state index contributed by atoms with van der Waals surface area (Å²) in [4.78, 5) is 15.3. The first-order valence-electron chi connectivity index (χ1n) is 8.26. The second-order valence-electron chi connectivity index (χ2n) is 8.02. The van der Waals surface area contributed by atoms with E-state index >= 15 is 0 Å². The first-order valence-corrected chi connectivity index (χ1v) is 9.41. The summed E-state index contributed by atoms with van der Waals surface area (Å²) in [5.74, 6) is -0.302. The van der Waals surface area contributed by atoms with Gasteiger partial charge in [-0.25, -0.2) is 9.78 Å². The van der Waals surface area contributed by atoms with Crippen LogP contribution in [0, 0.1) is 0 Å². The maximum atomic E-state index is 13.2. The Labute approximate surface area is 160 Å². The molecule has 0 saturated heterocycles. The van der Waals surface area contributed by atoms with Gasteiger partial charge in [0.15, 0.2) is 0 Å². The number of carbonyl (C=O) groups excluding carboxylic acids is 1. The van der Waals surface area contributed by atoms with Crippen molar-refractivity contribution >= 4 is 23.3 Å². The van der Waals surface area contributed by atoms with Gasteiger partial charge in [-0.3, -0.25) is 5.32 Å². The predicted molar refractivity (Wildman–Crippen MR) is 98.5 cm³/mol. The van der Waals surface area contributed by atoms with Crippen molar-refractivity contribution in [3.05, 3.63) is 23.4 Å². The van der Waals surface area contributed by atoms with Gasteiger partial charge in [0.05, 0.1) is 6.04 Å². The standard InChI is InChI=1S/C17H26F3N3O3S/c1-10(23-27(25)16(5,6)7)11-8-12(17(18,19)20)21-13(9-11)22-14(24)26-15(2,3)4/h8-10,23H,1-7H3,(H,21,22,24)/t10?,27-/m1/s1. The van der Waals surface area contributed by atoms with Gasteiger partial charge in [0.1, 0.15) is 21.9 Å². The molecule has 0 radical (unpaired) electrons. The number of hydrogen-bond acceptors (Lipinski definition) is 5. The highest BCUT2D eigenvalue weighted by Crippen LogP contribution is 2.31. The van der Waals surface area contributed by atoms with E-state index in [0.29, 0.717) is 0 Å². The van der Waals surface area contributed by atoms with Crippen LogP contribution in [0.5, 0.6) is 0 Å². The average Bonchev–Trinajstić information content (AvgIpc) is 2.42. The first kappa shape index (κ1) is 23.5. The minimum Gasteiger partial charge on any atom is -0.598 e. The van der Waals surface area contributed by atoms with E-state index in [1.54, 1.807) is 48.5 Å². The number of anilines is 1. The molecule has 2 atom stereocenters. The Hall–Kier alpha value is -1.52. The third-order valence-electron chi connectivity index (χ3n) is 3.11. The van der Waals surface area contributed by atoms with Crippen molar-refractivity contribution < 1.29 is 27.3 Å². The van der Waals surface area contributed by atoms with Gasteiger partial charge < -0.3 is 9.29 Å². The van der Waals surface area contributed by atoms with E-state index in [4.69, 9.17) is 4.74 Å². The molecular formula is C17H26F3N3O3S. The third kappa shape index (κ3) is 7.94. The van der Waals surface area contributed by atoms with Crippen LogP contribution in [-0.2, 0) is 22.3 Å². The fourth-order valence-electron chi connectivity index (χ4n) is 1.82. The van der Waals surface area contributed by atoms with Gasteiger partial charge in [-0.2, -0.15) is 13.2 Å². The lowest BCUT2D eigenvalue weighted by Gasteiger charge is -2.27. The minimum absolute atomic E-state index is 0.181. The van der Waals surface area contributed by atoms with Crippen molar-refractivity contribution in [1.29, 1.82) is 0 Å². The molecule has 1 amide bonds. The zero-order valence-corrected chi connectivity index (χ0v) is 17.3. The second kappa shape index (κ2) is 8.24. The summed E-state index contributed by atoms with van der Waals surface area (Å²) in [6.45, 7) is 11.7. The molecule has 1 heterocycles. The molecule has 0 aliphatic heterocycles. The number of alkyl halides is 3. The quantitative estimate of drug-likeness (QED) is 0.712. The van der Waals surface area contributed by atoms with Gasteiger partial charge in [0.2, 0.25) is 0 Å². The van der Waals surface area contributed by atoms with E-state index in [0.717, 1.165) is 6.07 Å². The molecule has 0 spiro atoms. The molecule has 2 N–H and O–H groups in total. The van der Waals surface area contributed by atoms with Gasteiger partial charge in [-0.1, -0.05) is 0 Å². The zero-order chi connectivity index (χ0) is 21.2. The van der Waals surface area contributed by atoms with Crippen molar-refractivity contribution in [2.75, 3.05) is 5.32 Å². The maximum Gasteiger partial charge on any atom is 0.433 e. The molecule has 0 aliphatic rings. The number of amides is 1. The lowest BCUT2D eigenvalue weighted by molar-refractivity contribution is -0.141. The number of hydrogen-bond donors (Lipinski definition) is 2. The SMILES string of the molecule is CC(N[S@+]([O-])C(C)(C)C)c1cc(NC(=O)OC(C)(C)C)nc(C(F)(F)F)c1. The first-order chi connectivity index (χ1) is 12.0. The van der Waals surface area contributed by atoms with Crippen LogP contribution >= 0.6 is 0 Å². The summed E-state index contributed by atoms with van der Waals surface area (Å²) < 4.78 is 59.0. The molecule has 6 nitrogen and oxygen atoms in total. The van der Waals surface area contributed by atoms with Gasteiger partial charge >= 0.3 is 12.3 Å². The summed E-state index contributed by atoms with van der Waals surface area (Å²) in [6.07, 6.45) is -5.62. The highest BCUT2D eigenvalue weighted by molar-refractivity contribution is 7.90. The minimum atomic E-state index is -4.71. The number of carbonyl (C=O) groups is 1. The van der Waals surface area contributed by atoms with Crippen LogP contribution in [0.4, 0.5) is 23.8 Å². The molecule has 1 aromatic heterocycles. The summed E-state index contributed by atoms with van der Waals surface area (Å²) in [5, 5.41) is 2.21. The van der Waals surface area contributed by atoms with Crippen molar-refractivity contribution in [2.24, 2.45) is 0 Å². The number of pyridine rings is 1. The summed E-state index contributed by atoms with van der Waals surface area (Å²) >= 11 is -1.49. The average molecular weight is 409 g/mol. The number of nitrogens with zero attached hydrogens (tertiary/aromatic N) is 1. The number of ether oxygens (including phenoxy) is 1.